The Balaban J connectivity index is 2.38. The second-order valence-corrected chi connectivity index (χ2v) is 5.00. The molecule has 18 heavy (non-hydrogen) atoms. The van der Waals surface area contributed by atoms with Gasteiger partial charge in [0.15, 0.2) is 5.78 Å². The van der Waals surface area contributed by atoms with Gasteiger partial charge in [-0.1, -0.05) is 11.6 Å². The summed E-state index contributed by atoms with van der Waals surface area (Å²) in [6.45, 7) is 0. The van der Waals surface area contributed by atoms with Crippen LogP contribution in [0.2, 0.25) is 5.02 Å². The molecule has 0 aliphatic carbocycles. The van der Waals surface area contributed by atoms with Crippen molar-refractivity contribution in [3.8, 4) is 0 Å². The minimum atomic E-state index is -0.557. The van der Waals surface area contributed by atoms with Crippen molar-refractivity contribution in [2.75, 3.05) is 6.26 Å². The molecule has 2 aromatic rings. The fraction of sp³-hybridized carbons (Fsp3) is 0.0714. The molecule has 0 spiro atoms. The molecule has 0 N–H and O–H groups in total. The molecule has 0 aliphatic rings. The maximum atomic E-state index is 13.6. The van der Waals surface area contributed by atoms with Crippen LogP contribution in [0.5, 0.6) is 0 Å². The summed E-state index contributed by atoms with van der Waals surface area (Å²) >= 11 is 7.36. The Bertz CT molecular complexity index is 581. The molecule has 2 rings (SSSR count). The Morgan fingerprint density at radius 2 is 1.83 bits per heavy atom. The fourth-order valence-electron chi connectivity index (χ4n) is 1.57. The van der Waals surface area contributed by atoms with Crippen molar-refractivity contribution in [3.63, 3.8) is 0 Å². The third kappa shape index (κ3) is 2.74. The lowest BCUT2D eigenvalue weighted by Gasteiger charge is -2.04. The molecule has 0 aliphatic heterocycles. The number of halogens is 2. The Labute approximate surface area is 114 Å². The largest absolute Gasteiger partial charge is 0.288 e. The van der Waals surface area contributed by atoms with Crippen LogP contribution < -0.4 is 0 Å². The van der Waals surface area contributed by atoms with Gasteiger partial charge in [-0.15, -0.1) is 11.8 Å². The summed E-state index contributed by atoms with van der Waals surface area (Å²) in [5.41, 5.74) is 0.452. The van der Waals surface area contributed by atoms with Gasteiger partial charge in [-0.25, -0.2) is 4.39 Å². The van der Waals surface area contributed by atoms with Crippen LogP contribution in [0, 0.1) is 5.82 Å². The maximum absolute atomic E-state index is 13.6. The quantitative estimate of drug-likeness (QED) is 0.611. The standard InChI is InChI=1S/C14H10ClFOS/c1-18-11-5-2-9(3-6-11)14(17)12-8-10(15)4-7-13(12)16/h2-8H,1H3. The molecule has 1 nitrogen and oxygen atoms in total. The van der Waals surface area contributed by atoms with E-state index in [1.165, 1.54) is 18.2 Å². The lowest BCUT2D eigenvalue weighted by atomic mass is 10.0. The predicted octanol–water partition coefficient (Wildman–Crippen LogP) is 4.43. The summed E-state index contributed by atoms with van der Waals surface area (Å²) < 4.78 is 13.6. The van der Waals surface area contributed by atoms with Crippen LogP contribution in [0.1, 0.15) is 15.9 Å². The van der Waals surface area contributed by atoms with Gasteiger partial charge >= 0.3 is 0 Å². The molecule has 4 heteroatoms. The maximum Gasteiger partial charge on any atom is 0.196 e. The van der Waals surface area contributed by atoms with E-state index in [0.717, 1.165) is 4.90 Å². The number of benzene rings is 2. The van der Waals surface area contributed by atoms with Crippen molar-refractivity contribution in [2.45, 2.75) is 4.90 Å². The molecule has 0 aromatic heterocycles. The first-order chi connectivity index (χ1) is 8.61. The molecule has 2 aromatic carbocycles. The Morgan fingerprint density at radius 3 is 2.44 bits per heavy atom. The van der Waals surface area contributed by atoms with Gasteiger partial charge in [0.1, 0.15) is 5.82 Å². The van der Waals surface area contributed by atoms with E-state index in [1.54, 1.807) is 23.9 Å². The summed E-state index contributed by atoms with van der Waals surface area (Å²) in [5, 5.41) is 0.348. The molecule has 0 saturated carbocycles. The number of carbonyl (C=O) groups excluding carboxylic acids is 1. The van der Waals surface area contributed by atoms with Crippen molar-refractivity contribution in [2.24, 2.45) is 0 Å². The van der Waals surface area contributed by atoms with Crippen LogP contribution in [0.4, 0.5) is 4.39 Å². The first-order valence-corrected chi connectivity index (χ1v) is 6.86. The van der Waals surface area contributed by atoms with Crippen LogP contribution in [-0.2, 0) is 0 Å². The first kappa shape index (κ1) is 13.1. The lowest BCUT2D eigenvalue weighted by Crippen LogP contribution is -2.04. The molecule has 0 bridgehead atoms. The number of rotatable bonds is 3. The zero-order chi connectivity index (χ0) is 13.1. The predicted molar refractivity (Wildman–Crippen MR) is 73.1 cm³/mol. The topological polar surface area (TPSA) is 17.1 Å². The molecule has 0 saturated heterocycles. The summed E-state index contributed by atoms with van der Waals surface area (Å²) in [7, 11) is 0. The van der Waals surface area contributed by atoms with Crippen molar-refractivity contribution in [1.82, 2.24) is 0 Å². The molecule has 0 heterocycles. The van der Waals surface area contributed by atoms with Gasteiger partial charge in [-0.3, -0.25) is 4.79 Å². The van der Waals surface area contributed by atoms with Crippen LogP contribution in [0.3, 0.4) is 0 Å². The van der Waals surface area contributed by atoms with Gasteiger partial charge in [0.2, 0.25) is 0 Å². The van der Waals surface area contributed by atoms with Crippen molar-refractivity contribution in [1.29, 1.82) is 0 Å². The molecular weight excluding hydrogens is 271 g/mol. The summed E-state index contributed by atoms with van der Waals surface area (Å²) in [5.74, 6) is -0.916. The van der Waals surface area contributed by atoms with E-state index in [4.69, 9.17) is 11.6 Å². The molecule has 0 radical (unpaired) electrons. The van der Waals surface area contributed by atoms with E-state index in [2.05, 4.69) is 0 Å². The SMILES string of the molecule is CSc1ccc(C(=O)c2cc(Cl)ccc2F)cc1. The average Bonchev–Trinajstić information content (AvgIpc) is 2.41. The third-order valence-corrected chi connectivity index (χ3v) is 3.50. The Hall–Kier alpha value is -1.32. The van der Waals surface area contributed by atoms with E-state index >= 15 is 0 Å². The highest BCUT2D eigenvalue weighted by atomic mass is 35.5. The summed E-state index contributed by atoms with van der Waals surface area (Å²) in [6.07, 6.45) is 1.95. The van der Waals surface area contributed by atoms with Crippen LogP contribution in [-0.4, -0.2) is 12.0 Å². The van der Waals surface area contributed by atoms with Crippen molar-refractivity contribution in [3.05, 3.63) is 64.4 Å². The van der Waals surface area contributed by atoms with E-state index in [9.17, 15) is 9.18 Å². The monoisotopic (exact) mass is 280 g/mol. The second-order valence-electron chi connectivity index (χ2n) is 3.68. The molecular formula is C14H10ClFOS. The fourth-order valence-corrected chi connectivity index (χ4v) is 2.15. The molecule has 0 fully saturated rings. The van der Waals surface area contributed by atoms with E-state index in [1.807, 2.05) is 18.4 Å². The summed E-state index contributed by atoms with van der Waals surface area (Å²) in [4.78, 5) is 13.2. The average molecular weight is 281 g/mol. The van der Waals surface area contributed by atoms with Crippen molar-refractivity contribution < 1.29 is 9.18 Å². The van der Waals surface area contributed by atoms with Crippen LogP contribution in [0.15, 0.2) is 47.4 Å². The number of ketones is 1. The highest BCUT2D eigenvalue weighted by molar-refractivity contribution is 7.98. The minimum Gasteiger partial charge on any atom is -0.288 e. The summed E-state index contributed by atoms with van der Waals surface area (Å²) in [6, 6.07) is 11.0. The molecule has 92 valence electrons. The first-order valence-electron chi connectivity index (χ1n) is 5.25. The number of hydrogen-bond acceptors (Lipinski definition) is 2. The Kier molecular flexibility index (Phi) is 4.04. The van der Waals surface area contributed by atoms with Gasteiger partial charge in [0.05, 0.1) is 5.56 Å². The van der Waals surface area contributed by atoms with Gasteiger partial charge in [-0.05, 0) is 48.7 Å². The van der Waals surface area contributed by atoms with Crippen LogP contribution in [0.25, 0.3) is 0 Å². The van der Waals surface area contributed by atoms with Gasteiger partial charge in [0, 0.05) is 15.5 Å². The van der Waals surface area contributed by atoms with E-state index in [0.29, 0.717) is 10.6 Å². The van der Waals surface area contributed by atoms with Gasteiger partial charge in [-0.2, -0.15) is 0 Å². The molecule has 0 unspecified atom stereocenters. The highest BCUT2D eigenvalue weighted by Crippen LogP contribution is 2.20. The number of hydrogen-bond donors (Lipinski definition) is 0. The number of carbonyl (C=O) groups is 1. The minimum absolute atomic E-state index is 0.000554. The number of thioether (sulfide) groups is 1. The van der Waals surface area contributed by atoms with Crippen LogP contribution >= 0.6 is 23.4 Å². The second kappa shape index (κ2) is 5.55. The van der Waals surface area contributed by atoms with Crippen molar-refractivity contribution >= 4 is 29.1 Å². The Morgan fingerprint density at radius 1 is 1.17 bits per heavy atom. The lowest BCUT2D eigenvalue weighted by molar-refractivity contribution is 0.103. The normalized spacial score (nSPS) is 10.4. The zero-order valence-corrected chi connectivity index (χ0v) is 11.2. The highest BCUT2D eigenvalue weighted by Gasteiger charge is 2.14. The molecule has 0 atom stereocenters. The zero-order valence-electron chi connectivity index (χ0n) is 9.61. The third-order valence-electron chi connectivity index (χ3n) is 2.53. The van der Waals surface area contributed by atoms with E-state index in [-0.39, 0.29) is 11.3 Å². The van der Waals surface area contributed by atoms with Gasteiger partial charge in [0.25, 0.3) is 0 Å². The smallest absolute Gasteiger partial charge is 0.196 e. The van der Waals surface area contributed by atoms with E-state index < -0.39 is 5.82 Å². The molecule has 0 amide bonds. The van der Waals surface area contributed by atoms with Gasteiger partial charge < -0.3 is 0 Å².